The molecular weight excluding hydrogens is 472 g/mol. The monoisotopic (exact) mass is 506 g/mol. The third-order valence-corrected chi connectivity index (χ3v) is 5.57. The first-order chi connectivity index (χ1) is 17.5. The highest BCUT2D eigenvalue weighted by molar-refractivity contribution is 5.98. The average Bonchev–Trinajstić information content (AvgIpc) is 2.85. The van der Waals surface area contributed by atoms with E-state index in [-0.39, 0.29) is 36.8 Å². The molecule has 0 heterocycles. The van der Waals surface area contributed by atoms with Gasteiger partial charge >= 0.3 is 5.97 Å². The fraction of sp³-hybridized carbons (Fsp3) is 0.333. The minimum Gasteiger partial charge on any atom is -0.490 e. The Kier molecular flexibility index (Phi) is 11.2. The van der Waals surface area contributed by atoms with Crippen LogP contribution in [0.3, 0.4) is 0 Å². The van der Waals surface area contributed by atoms with Gasteiger partial charge in [-0.15, -0.1) is 0 Å². The number of aryl methyl sites for hydroxylation is 1. The molecule has 0 N–H and O–H groups in total. The number of allylic oxidation sites excluding steroid dienone is 2. The van der Waals surface area contributed by atoms with Gasteiger partial charge in [-0.05, 0) is 62.3 Å². The molecule has 0 saturated heterocycles. The number of hydrogen-bond acceptors (Lipinski definition) is 7. The van der Waals surface area contributed by atoms with Crippen molar-refractivity contribution in [1.82, 2.24) is 0 Å². The van der Waals surface area contributed by atoms with Crippen molar-refractivity contribution in [2.45, 2.75) is 46.1 Å². The van der Waals surface area contributed by atoms with E-state index in [0.29, 0.717) is 5.75 Å². The molecule has 2 rings (SSSR count). The first-order valence-corrected chi connectivity index (χ1v) is 12.0. The Hall–Kier alpha value is -3.84. The molecule has 37 heavy (non-hydrogen) atoms. The lowest BCUT2D eigenvalue weighted by Gasteiger charge is -2.26. The van der Waals surface area contributed by atoms with Gasteiger partial charge in [0, 0.05) is 11.5 Å². The highest BCUT2D eigenvalue weighted by Gasteiger charge is 2.23. The lowest BCUT2D eigenvalue weighted by molar-refractivity contribution is -0.148. The van der Waals surface area contributed by atoms with E-state index >= 15 is 0 Å². The van der Waals surface area contributed by atoms with Crippen LogP contribution in [0.4, 0.5) is 0 Å². The number of ketones is 3. The topological polar surface area (TPSA) is 96.0 Å². The molecule has 7 nitrogen and oxygen atoms in total. The second kappa shape index (κ2) is 14.0. The standard InChI is InChI=1S/C30H34O7/c1-21-6-10-24(11-7-21)30(4,5)25-12-15-27(16-13-25)36-20-28(37-29(34)17-9-23(3)32)19-35-18-26(33)14-8-22(2)31/h6-17,28H,18-20H2,1-5H3. The highest BCUT2D eigenvalue weighted by Crippen LogP contribution is 2.32. The molecule has 0 radical (unpaired) electrons. The quantitative estimate of drug-likeness (QED) is 0.275. The Morgan fingerprint density at radius 3 is 1.89 bits per heavy atom. The maximum absolute atomic E-state index is 12.1. The predicted octanol–water partition coefficient (Wildman–Crippen LogP) is 4.49. The summed E-state index contributed by atoms with van der Waals surface area (Å²) in [7, 11) is 0. The van der Waals surface area contributed by atoms with E-state index < -0.39 is 17.9 Å². The second-order valence-corrected chi connectivity index (χ2v) is 9.25. The second-order valence-electron chi connectivity index (χ2n) is 9.25. The van der Waals surface area contributed by atoms with E-state index in [9.17, 15) is 19.2 Å². The molecule has 1 unspecified atom stereocenters. The molecular formula is C30H34O7. The summed E-state index contributed by atoms with van der Waals surface area (Å²) < 4.78 is 16.5. The van der Waals surface area contributed by atoms with Crippen molar-refractivity contribution in [2.24, 2.45) is 0 Å². The summed E-state index contributed by atoms with van der Waals surface area (Å²) in [6, 6.07) is 16.1. The molecule has 0 amide bonds. The van der Waals surface area contributed by atoms with Crippen molar-refractivity contribution in [1.29, 1.82) is 0 Å². The van der Waals surface area contributed by atoms with Crippen LogP contribution in [0.15, 0.2) is 72.8 Å². The van der Waals surface area contributed by atoms with Gasteiger partial charge in [0.05, 0.1) is 6.61 Å². The van der Waals surface area contributed by atoms with Crippen LogP contribution in [0.25, 0.3) is 0 Å². The molecule has 0 spiro atoms. The number of carbonyl (C=O) groups is 4. The van der Waals surface area contributed by atoms with E-state index in [4.69, 9.17) is 14.2 Å². The van der Waals surface area contributed by atoms with Gasteiger partial charge in [0.25, 0.3) is 0 Å². The smallest absolute Gasteiger partial charge is 0.331 e. The molecule has 0 aliphatic carbocycles. The molecule has 0 aliphatic heterocycles. The van der Waals surface area contributed by atoms with Crippen LogP contribution in [0.1, 0.15) is 44.4 Å². The normalized spacial score (nSPS) is 12.5. The number of ether oxygens (including phenoxy) is 3. The molecule has 0 saturated carbocycles. The van der Waals surface area contributed by atoms with Crippen molar-refractivity contribution in [2.75, 3.05) is 19.8 Å². The largest absolute Gasteiger partial charge is 0.490 e. The molecule has 196 valence electrons. The lowest BCUT2D eigenvalue weighted by atomic mass is 9.78. The molecule has 2 aromatic rings. The van der Waals surface area contributed by atoms with Gasteiger partial charge in [0.1, 0.15) is 19.0 Å². The van der Waals surface area contributed by atoms with Gasteiger partial charge in [0.2, 0.25) is 0 Å². The Morgan fingerprint density at radius 2 is 1.32 bits per heavy atom. The summed E-state index contributed by atoms with van der Waals surface area (Å²) in [5, 5.41) is 0. The Morgan fingerprint density at radius 1 is 0.784 bits per heavy atom. The zero-order valence-electron chi connectivity index (χ0n) is 22.0. The summed E-state index contributed by atoms with van der Waals surface area (Å²) in [5.41, 5.74) is 3.31. The van der Waals surface area contributed by atoms with Crippen LogP contribution in [-0.4, -0.2) is 49.2 Å². The fourth-order valence-corrected chi connectivity index (χ4v) is 3.35. The molecule has 0 fully saturated rings. The third kappa shape index (κ3) is 10.4. The minimum atomic E-state index is -0.836. The number of carbonyl (C=O) groups excluding carboxylic acids is 4. The maximum atomic E-state index is 12.1. The van der Waals surface area contributed by atoms with Gasteiger partial charge in [-0.25, -0.2) is 4.79 Å². The average molecular weight is 507 g/mol. The zero-order chi connectivity index (χ0) is 27.4. The third-order valence-electron chi connectivity index (χ3n) is 5.57. The first-order valence-electron chi connectivity index (χ1n) is 12.0. The molecule has 0 bridgehead atoms. The molecule has 0 aliphatic rings. The SMILES string of the molecule is CC(=O)C=CC(=O)COCC(COc1ccc(C(C)(C)c2ccc(C)cc2)cc1)OC(=O)C=CC(C)=O. The summed E-state index contributed by atoms with van der Waals surface area (Å²) in [6.07, 6.45) is 3.58. The lowest BCUT2D eigenvalue weighted by Crippen LogP contribution is -2.30. The molecule has 1 atom stereocenters. The summed E-state index contributed by atoms with van der Waals surface area (Å²) >= 11 is 0. The van der Waals surface area contributed by atoms with Crippen LogP contribution >= 0.6 is 0 Å². The van der Waals surface area contributed by atoms with E-state index in [1.807, 2.05) is 24.3 Å². The van der Waals surface area contributed by atoms with E-state index in [0.717, 1.165) is 29.9 Å². The van der Waals surface area contributed by atoms with E-state index in [2.05, 4.69) is 45.0 Å². The van der Waals surface area contributed by atoms with Gasteiger partial charge < -0.3 is 14.2 Å². The van der Waals surface area contributed by atoms with Crippen molar-refractivity contribution in [3.05, 3.63) is 89.5 Å². The van der Waals surface area contributed by atoms with E-state index in [1.165, 1.54) is 25.0 Å². The molecule has 7 heteroatoms. The molecule has 2 aromatic carbocycles. The van der Waals surface area contributed by atoms with Gasteiger partial charge in [-0.3, -0.25) is 14.4 Å². The van der Waals surface area contributed by atoms with Gasteiger partial charge in [-0.1, -0.05) is 55.8 Å². The summed E-state index contributed by atoms with van der Waals surface area (Å²) in [6.45, 7) is 8.59. The van der Waals surface area contributed by atoms with Crippen LogP contribution in [0.2, 0.25) is 0 Å². The Balaban J connectivity index is 2.03. The van der Waals surface area contributed by atoms with E-state index in [1.54, 1.807) is 0 Å². The maximum Gasteiger partial charge on any atom is 0.331 e. The highest BCUT2D eigenvalue weighted by atomic mass is 16.6. The van der Waals surface area contributed by atoms with Gasteiger partial charge in [0.15, 0.2) is 23.5 Å². The molecule has 0 aromatic heterocycles. The summed E-state index contributed by atoms with van der Waals surface area (Å²) in [4.78, 5) is 45.9. The number of esters is 1. The van der Waals surface area contributed by atoms with Crippen molar-refractivity contribution in [3.63, 3.8) is 0 Å². The van der Waals surface area contributed by atoms with Crippen LogP contribution in [0, 0.1) is 6.92 Å². The van der Waals surface area contributed by atoms with Crippen molar-refractivity contribution >= 4 is 23.3 Å². The fourth-order valence-electron chi connectivity index (χ4n) is 3.35. The summed E-state index contributed by atoms with van der Waals surface area (Å²) in [5.74, 6) is -1.10. The van der Waals surface area contributed by atoms with Crippen molar-refractivity contribution < 1.29 is 33.4 Å². The van der Waals surface area contributed by atoms with Crippen LogP contribution < -0.4 is 4.74 Å². The van der Waals surface area contributed by atoms with Gasteiger partial charge in [-0.2, -0.15) is 0 Å². The van der Waals surface area contributed by atoms with Crippen LogP contribution in [-0.2, 0) is 34.1 Å². The number of rotatable bonds is 14. The minimum absolute atomic E-state index is 0.0299. The van der Waals surface area contributed by atoms with Crippen LogP contribution in [0.5, 0.6) is 5.75 Å². The number of hydrogen-bond donors (Lipinski definition) is 0. The number of benzene rings is 2. The van der Waals surface area contributed by atoms with Crippen molar-refractivity contribution in [3.8, 4) is 5.75 Å². The first kappa shape index (κ1) is 29.4. The Bertz CT molecular complexity index is 1140. The Labute approximate surface area is 218 Å². The zero-order valence-corrected chi connectivity index (χ0v) is 22.0. The predicted molar refractivity (Wildman–Crippen MR) is 141 cm³/mol.